The van der Waals surface area contributed by atoms with Crippen molar-refractivity contribution in [3.05, 3.63) is 35.9 Å². The molecule has 0 atom stereocenters. The van der Waals surface area contributed by atoms with E-state index in [0.29, 0.717) is 11.7 Å². The summed E-state index contributed by atoms with van der Waals surface area (Å²) in [6, 6.07) is 4.85. The van der Waals surface area contributed by atoms with Crippen LogP contribution in [0.2, 0.25) is 0 Å². The van der Waals surface area contributed by atoms with E-state index in [1.807, 2.05) is 26.0 Å². The molecule has 104 valence electrons. The number of rotatable bonds is 6. The SMILES string of the molecule is COc1cc(COC(=O)C/C=C/C(C)C)ccc1O. The van der Waals surface area contributed by atoms with Crippen LogP contribution in [0.4, 0.5) is 0 Å². The zero-order chi connectivity index (χ0) is 14.3. The Hall–Kier alpha value is -1.97. The summed E-state index contributed by atoms with van der Waals surface area (Å²) in [6.45, 7) is 4.26. The van der Waals surface area contributed by atoms with Crippen molar-refractivity contribution in [2.24, 2.45) is 5.92 Å². The predicted molar refractivity (Wildman–Crippen MR) is 73.0 cm³/mol. The van der Waals surface area contributed by atoms with E-state index in [0.717, 1.165) is 5.56 Å². The van der Waals surface area contributed by atoms with Crippen LogP contribution in [0.15, 0.2) is 30.4 Å². The fourth-order valence-electron chi connectivity index (χ4n) is 1.47. The van der Waals surface area contributed by atoms with Crippen LogP contribution >= 0.6 is 0 Å². The van der Waals surface area contributed by atoms with Gasteiger partial charge in [0.1, 0.15) is 6.61 Å². The van der Waals surface area contributed by atoms with Crippen LogP contribution in [-0.4, -0.2) is 18.2 Å². The van der Waals surface area contributed by atoms with Crippen LogP contribution in [0, 0.1) is 5.92 Å². The number of methoxy groups -OCH3 is 1. The molecular formula is C15H20O4. The van der Waals surface area contributed by atoms with E-state index in [1.54, 1.807) is 12.1 Å². The van der Waals surface area contributed by atoms with E-state index in [1.165, 1.54) is 13.2 Å². The largest absolute Gasteiger partial charge is 0.504 e. The molecule has 0 fully saturated rings. The molecule has 0 saturated carbocycles. The summed E-state index contributed by atoms with van der Waals surface area (Å²) in [7, 11) is 1.47. The maximum absolute atomic E-state index is 11.5. The Balaban J connectivity index is 2.46. The number of hydrogen-bond acceptors (Lipinski definition) is 4. The Labute approximate surface area is 113 Å². The van der Waals surface area contributed by atoms with Crippen molar-refractivity contribution < 1.29 is 19.4 Å². The molecule has 1 rings (SSSR count). The molecule has 0 aliphatic rings. The minimum atomic E-state index is -0.274. The number of ether oxygens (including phenoxy) is 2. The molecule has 0 radical (unpaired) electrons. The van der Waals surface area contributed by atoms with Crippen molar-refractivity contribution in [3.63, 3.8) is 0 Å². The van der Waals surface area contributed by atoms with Crippen molar-refractivity contribution in [2.75, 3.05) is 7.11 Å². The minimum Gasteiger partial charge on any atom is -0.504 e. The molecular weight excluding hydrogens is 244 g/mol. The van der Waals surface area contributed by atoms with Gasteiger partial charge in [-0.2, -0.15) is 0 Å². The average Bonchev–Trinajstić information content (AvgIpc) is 2.37. The first-order valence-corrected chi connectivity index (χ1v) is 6.21. The fraction of sp³-hybridized carbons (Fsp3) is 0.400. The lowest BCUT2D eigenvalue weighted by Gasteiger charge is -2.07. The number of allylic oxidation sites excluding steroid dienone is 1. The maximum atomic E-state index is 11.5. The second kappa shape index (κ2) is 7.46. The quantitative estimate of drug-likeness (QED) is 0.633. The number of carbonyl (C=O) groups excluding carboxylic acids is 1. The molecule has 0 unspecified atom stereocenters. The van der Waals surface area contributed by atoms with E-state index < -0.39 is 0 Å². The molecule has 0 bridgehead atoms. The standard InChI is InChI=1S/C15H20O4/c1-11(2)5-4-6-15(17)19-10-12-7-8-13(16)14(9-12)18-3/h4-5,7-9,11,16H,6,10H2,1-3H3/b5-4+. The molecule has 0 spiro atoms. The van der Waals surface area contributed by atoms with E-state index in [4.69, 9.17) is 9.47 Å². The Kier molecular flexibility index (Phi) is 5.93. The van der Waals surface area contributed by atoms with Crippen molar-refractivity contribution in [3.8, 4) is 11.5 Å². The lowest BCUT2D eigenvalue weighted by molar-refractivity contribution is -0.143. The molecule has 0 aliphatic carbocycles. The highest BCUT2D eigenvalue weighted by molar-refractivity contribution is 5.71. The third-order valence-electron chi connectivity index (χ3n) is 2.45. The number of phenolic OH excluding ortho intramolecular Hbond substituents is 1. The number of esters is 1. The highest BCUT2D eigenvalue weighted by Crippen LogP contribution is 2.26. The van der Waals surface area contributed by atoms with Gasteiger partial charge in [0.25, 0.3) is 0 Å². The van der Waals surface area contributed by atoms with Gasteiger partial charge in [0.05, 0.1) is 13.5 Å². The van der Waals surface area contributed by atoms with Gasteiger partial charge in [-0.15, -0.1) is 0 Å². The van der Waals surface area contributed by atoms with Gasteiger partial charge in [0.15, 0.2) is 11.5 Å². The average molecular weight is 264 g/mol. The zero-order valence-corrected chi connectivity index (χ0v) is 11.6. The molecule has 4 heteroatoms. The van der Waals surface area contributed by atoms with Crippen LogP contribution in [-0.2, 0) is 16.1 Å². The highest BCUT2D eigenvalue weighted by atomic mass is 16.5. The van der Waals surface area contributed by atoms with Gasteiger partial charge in [-0.05, 0) is 23.6 Å². The van der Waals surface area contributed by atoms with Gasteiger partial charge in [-0.25, -0.2) is 0 Å². The third kappa shape index (κ3) is 5.46. The van der Waals surface area contributed by atoms with Crippen LogP contribution in [0.3, 0.4) is 0 Å². The molecule has 1 aromatic carbocycles. The van der Waals surface area contributed by atoms with Gasteiger partial charge in [0.2, 0.25) is 0 Å². The first-order valence-electron chi connectivity index (χ1n) is 6.21. The maximum Gasteiger partial charge on any atom is 0.309 e. The topological polar surface area (TPSA) is 55.8 Å². The molecule has 0 amide bonds. The summed E-state index contributed by atoms with van der Waals surface area (Å²) in [5.74, 6) is 0.587. The summed E-state index contributed by atoms with van der Waals surface area (Å²) in [5.41, 5.74) is 0.774. The van der Waals surface area contributed by atoms with Crippen LogP contribution < -0.4 is 4.74 Å². The lowest BCUT2D eigenvalue weighted by atomic mass is 10.2. The number of benzene rings is 1. The van der Waals surface area contributed by atoms with Crippen molar-refractivity contribution in [1.82, 2.24) is 0 Å². The smallest absolute Gasteiger partial charge is 0.309 e. The second-order valence-corrected chi connectivity index (χ2v) is 4.54. The summed E-state index contributed by atoms with van der Waals surface area (Å²) in [6.07, 6.45) is 4.04. The highest BCUT2D eigenvalue weighted by Gasteiger charge is 2.05. The number of carbonyl (C=O) groups is 1. The first-order chi connectivity index (χ1) is 9.02. The molecule has 4 nitrogen and oxygen atoms in total. The van der Waals surface area contributed by atoms with E-state index in [-0.39, 0.29) is 24.7 Å². The van der Waals surface area contributed by atoms with Crippen molar-refractivity contribution in [1.29, 1.82) is 0 Å². The normalized spacial score (nSPS) is 10.9. The predicted octanol–water partition coefficient (Wildman–Crippen LogP) is 3.05. The van der Waals surface area contributed by atoms with Crippen molar-refractivity contribution >= 4 is 5.97 Å². The summed E-state index contributed by atoms with van der Waals surface area (Å²) >= 11 is 0. The Morgan fingerprint density at radius 3 is 2.79 bits per heavy atom. The summed E-state index contributed by atoms with van der Waals surface area (Å²) < 4.78 is 10.1. The Morgan fingerprint density at radius 1 is 1.42 bits per heavy atom. The Morgan fingerprint density at radius 2 is 2.16 bits per heavy atom. The fourth-order valence-corrected chi connectivity index (χ4v) is 1.47. The molecule has 0 aromatic heterocycles. The molecule has 0 saturated heterocycles. The van der Waals surface area contributed by atoms with Gasteiger partial charge < -0.3 is 14.6 Å². The lowest BCUT2D eigenvalue weighted by Crippen LogP contribution is -2.03. The van der Waals surface area contributed by atoms with Gasteiger partial charge in [-0.3, -0.25) is 4.79 Å². The van der Waals surface area contributed by atoms with Gasteiger partial charge >= 0.3 is 5.97 Å². The third-order valence-corrected chi connectivity index (χ3v) is 2.45. The second-order valence-electron chi connectivity index (χ2n) is 4.54. The monoisotopic (exact) mass is 264 g/mol. The van der Waals surface area contributed by atoms with Crippen LogP contribution in [0.1, 0.15) is 25.8 Å². The first kappa shape index (κ1) is 15.1. The number of aromatic hydroxyl groups is 1. The van der Waals surface area contributed by atoms with Crippen LogP contribution in [0.25, 0.3) is 0 Å². The van der Waals surface area contributed by atoms with Gasteiger partial charge in [-0.1, -0.05) is 32.1 Å². The van der Waals surface area contributed by atoms with E-state index >= 15 is 0 Å². The molecule has 1 aromatic rings. The van der Waals surface area contributed by atoms with Crippen molar-refractivity contribution in [2.45, 2.75) is 26.9 Å². The van der Waals surface area contributed by atoms with E-state index in [2.05, 4.69) is 0 Å². The van der Waals surface area contributed by atoms with Crippen LogP contribution in [0.5, 0.6) is 11.5 Å². The Bertz CT molecular complexity index is 449. The number of phenols is 1. The molecule has 0 heterocycles. The summed E-state index contributed by atoms with van der Waals surface area (Å²) in [4.78, 5) is 11.5. The molecule has 0 aliphatic heterocycles. The minimum absolute atomic E-state index is 0.0671. The zero-order valence-electron chi connectivity index (χ0n) is 11.6. The molecule has 1 N–H and O–H groups in total. The summed E-state index contributed by atoms with van der Waals surface area (Å²) in [5, 5.41) is 9.44. The van der Waals surface area contributed by atoms with Gasteiger partial charge in [0, 0.05) is 0 Å². The molecule has 19 heavy (non-hydrogen) atoms. The van der Waals surface area contributed by atoms with E-state index in [9.17, 15) is 9.90 Å². The number of hydrogen-bond donors (Lipinski definition) is 1.